The molecule has 3 fully saturated rings. The average molecular weight is 808 g/mol. The van der Waals surface area contributed by atoms with E-state index in [1.165, 1.54) is 0 Å². The number of nitriles is 3. The Hall–Kier alpha value is -3.91. The van der Waals surface area contributed by atoms with Gasteiger partial charge in [-0.05, 0) is 78.1 Å². The lowest BCUT2D eigenvalue weighted by Gasteiger charge is -2.42. The highest BCUT2D eigenvalue weighted by Crippen LogP contribution is 2.45. The van der Waals surface area contributed by atoms with E-state index in [2.05, 4.69) is 34.1 Å². The van der Waals surface area contributed by atoms with Crippen molar-refractivity contribution in [3.63, 3.8) is 0 Å². The molecule has 1 atom stereocenters. The van der Waals surface area contributed by atoms with Crippen molar-refractivity contribution in [2.45, 2.75) is 61.2 Å². The van der Waals surface area contributed by atoms with Crippen LogP contribution in [0.3, 0.4) is 0 Å². The number of carbonyl (C=O) groups is 1. The van der Waals surface area contributed by atoms with Crippen LogP contribution < -0.4 is 0 Å². The molecule has 1 saturated heterocycles. The number of aliphatic hydroxyl groups excluding tert-OH is 1. The van der Waals surface area contributed by atoms with E-state index in [9.17, 15) is 15.2 Å². The molecule has 2 saturated carbocycles. The topological polar surface area (TPSA) is 130 Å². The van der Waals surface area contributed by atoms with Gasteiger partial charge in [0.05, 0.1) is 59.8 Å². The maximum atomic E-state index is 12.0. The van der Waals surface area contributed by atoms with Crippen molar-refractivity contribution >= 4 is 56.7 Å². The number of alkyl halides is 1. The molecule has 4 aromatic carbocycles. The third-order valence-corrected chi connectivity index (χ3v) is 10.1. The van der Waals surface area contributed by atoms with Gasteiger partial charge in [0.25, 0.3) is 0 Å². The standard InChI is InChI=1S/C18H14ClNO2.C11H10ClNO.C8H6ClN.C3H5BrO/c19-15-8-6-14(7-9-15)18(12-20)10-16(11-18)22-17(21)13-4-2-1-3-5-13;12-9-3-1-8(2-4-9)11(7-13)5-10(14)6-11;9-8-3-1-7(2-4-8)5-6-10;4-1-3-2-5-3/h1-9,16H,10-11H2;1-4,10,14H,5-6H2;1-4H,5H2;3H,1-2H2/t;;;3-/m...1/s1. The molecule has 0 radical (unpaired) electrons. The number of esters is 1. The van der Waals surface area contributed by atoms with Crippen molar-refractivity contribution in [3.8, 4) is 18.2 Å². The molecule has 51 heavy (non-hydrogen) atoms. The minimum atomic E-state index is -0.577. The number of carbonyl (C=O) groups excluding carboxylic acids is 1. The highest BCUT2D eigenvalue weighted by molar-refractivity contribution is 9.09. The minimum Gasteiger partial charge on any atom is -0.459 e. The molecule has 0 spiro atoms. The summed E-state index contributed by atoms with van der Waals surface area (Å²) >= 11 is 20.5. The van der Waals surface area contributed by atoms with Crippen LogP contribution in [0.25, 0.3) is 0 Å². The Labute approximate surface area is 322 Å². The van der Waals surface area contributed by atoms with E-state index in [0.717, 1.165) is 28.6 Å². The summed E-state index contributed by atoms with van der Waals surface area (Å²) < 4.78 is 10.3. The molecular formula is C40H35BrCl3N3O4. The van der Waals surface area contributed by atoms with Crippen LogP contribution in [-0.2, 0) is 26.7 Å². The Balaban J connectivity index is 0.000000171. The van der Waals surface area contributed by atoms with Crippen molar-refractivity contribution in [2.75, 3.05) is 11.9 Å². The van der Waals surface area contributed by atoms with Gasteiger partial charge in [0.2, 0.25) is 0 Å². The molecule has 0 unspecified atom stereocenters. The summed E-state index contributed by atoms with van der Waals surface area (Å²) in [5, 5.41) is 39.2. The minimum absolute atomic E-state index is 0.219. The zero-order valence-electron chi connectivity index (χ0n) is 27.5. The predicted molar refractivity (Wildman–Crippen MR) is 202 cm³/mol. The number of benzene rings is 4. The highest BCUT2D eigenvalue weighted by atomic mass is 79.9. The number of halogens is 4. The van der Waals surface area contributed by atoms with Crippen molar-refractivity contribution < 1.29 is 19.4 Å². The fourth-order valence-corrected chi connectivity index (χ4v) is 6.26. The van der Waals surface area contributed by atoms with E-state index >= 15 is 0 Å². The Kier molecular flexibility index (Phi) is 14.9. The number of hydrogen-bond donors (Lipinski definition) is 1. The van der Waals surface area contributed by atoms with Crippen LogP contribution in [-0.4, -0.2) is 41.3 Å². The van der Waals surface area contributed by atoms with E-state index in [4.69, 9.17) is 54.8 Å². The molecule has 11 heteroatoms. The van der Waals surface area contributed by atoms with Gasteiger partial charge in [-0.25, -0.2) is 4.79 Å². The monoisotopic (exact) mass is 805 g/mol. The van der Waals surface area contributed by atoms with Crippen molar-refractivity contribution in [3.05, 3.63) is 140 Å². The molecule has 7 nitrogen and oxygen atoms in total. The number of ether oxygens (including phenoxy) is 2. The molecule has 3 aliphatic rings. The number of epoxide rings is 1. The number of aliphatic hydroxyl groups is 1. The van der Waals surface area contributed by atoms with Gasteiger partial charge >= 0.3 is 5.97 Å². The van der Waals surface area contributed by atoms with Crippen molar-refractivity contribution in [1.29, 1.82) is 15.8 Å². The van der Waals surface area contributed by atoms with Crippen molar-refractivity contribution in [1.82, 2.24) is 0 Å². The fourth-order valence-electron chi connectivity index (χ4n) is 5.51. The molecule has 4 aromatic rings. The summed E-state index contributed by atoms with van der Waals surface area (Å²) in [5.41, 5.74) is 2.35. The van der Waals surface area contributed by atoms with Gasteiger partial charge in [0.15, 0.2) is 0 Å². The first-order valence-electron chi connectivity index (χ1n) is 16.1. The normalized spacial score (nSPS) is 23.5. The second kappa shape index (κ2) is 19.1. The summed E-state index contributed by atoms with van der Waals surface area (Å²) in [6.45, 7) is 0.964. The molecular weight excluding hydrogens is 773 g/mol. The molecule has 0 amide bonds. The van der Waals surface area contributed by atoms with Crippen molar-refractivity contribution in [2.24, 2.45) is 0 Å². The second-order valence-electron chi connectivity index (χ2n) is 12.3. The van der Waals surface area contributed by atoms with E-state index in [1.807, 2.05) is 42.5 Å². The predicted octanol–water partition coefficient (Wildman–Crippen LogP) is 9.56. The largest absolute Gasteiger partial charge is 0.459 e. The van der Waals surface area contributed by atoms with Crippen LogP contribution in [0.5, 0.6) is 0 Å². The molecule has 1 aliphatic heterocycles. The molecule has 0 aromatic heterocycles. The summed E-state index contributed by atoms with van der Waals surface area (Å²) in [7, 11) is 0. The van der Waals surface area contributed by atoms with E-state index in [-0.39, 0.29) is 18.2 Å². The van der Waals surface area contributed by atoms with Gasteiger partial charge in [-0.2, -0.15) is 15.8 Å². The van der Waals surface area contributed by atoms with Crippen LogP contribution in [0.4, 0.5) is 0 Å². The molecule has 7 rings (SSSR count). The Morgan fingerprint density at radius 2 is 1.22 bits per heavy atom. The molecule has 262 valence electrons. The van der Waals surface area contributed by atoms with Crippen LogP contribution >= 0.6 is 50.7 Å². The Morgan fingerprint density at radius 3 is 1.59 bits per heavy atom. The third kappa shape index (κ3) is 11.5. The highest BCUT2D eigenvalue weighted by Gasteiger charge is 2.48. The van der Waals surface area contributed by atoms with Gasteiger partial charge in [-0.3, -0.25) is 0 Å². The zero-order valence-corrected chi connectivity index (χ0v) is 31.4. The first kappa shape index (κ1) is 39.9. The fraction of sp³-hybridized carbons (Fsp3) is 0.300. The van der Waals surface area contributed by atoms with Gasteiger partial charge in [-0.1, -0.05) is 105 Å². The Bertz CT molecular complexity index is 1840. The van der Waals surface area contributed by atoms with E-state index in [1.54, 1.807) is 60.7 Å². The summed E-state index contributed by atoms with van der Waals surface area (Å²) in [5.74, 6) is -0.340. The SMILES string of the molecule is BrC[C@@H]1CO1.N#CC1(c2ccc(Cl)cc2)CC(O)C1.N#CC1(c2ccc(Cl)cc2)CC(OC(=O)c2ccccc2)C1.N#CCc1ccc(Cl)cc1. The maximum absolute atomic E-state index is 12.0. The van der Waals surface area contributed by atoms with Crippen LogP contribution in [0, 0.1) is 34.0 Å². The second-order valence-corrected chi connectivity index (χ2v) is 14.3. The Morgan fingerprint density at radius 1 is 0.765 bits per heavy atom. The van der Waals surface area contributed by atoms with Gasteiger partial charge < -0.3 is 14.6 Å². The van der Waals surface area contributed by atoms with Gasteiger partial charge in [0.1, 0.15) is 6.10 Å². The molecule has 0 bridgehead atoms. The van der Waals surface area contributed by atoms with E-state index in [0.29, 0.717) is 58.8 Å². The van der Waals surface area contributed by atoms with Gasteiger partial charge in [0, 0.05) is 33.2 Å². The van der Waals surface area contributed by atoms with E-state index < -0.39 is 10.8 Å². The van der Waals surface area contributed by atoms with Gasteiger partial charge in [-0.15, -0.1) is 0 Å². The van der Waals surface area contributed by atoms with Crippen LogP contribution in [0.1, 0.15) is 52.7 Å². The lowest BCUT2D eigenvalue weighted by Crippen LogP contribution is -2.45. The lowest BCUT2D eigenvalue weighted by molar-refractivity contribution is -0.0102. The third-order valence-electron chi connectivity index (χ3n) is 8.60. The summed E-state index contributed by atoms with van der Waals surface area (Å²) in [4.78, 5) is 12.0. The number of nitrogens with zero attached hydrogens (tertiary/aromatic N) is 3. The lowest BCUT2D eigenvalue weighted by atomic mass is 9.63. The quantitative estimate of drug-likeness (QED) is 0.117. The summed E-state index contributed by atoms with van der Waals surface area (Å²) in [6, 6.07) is 37.4. The van der Waals surface area contributed by atoms with Crippen LogP contribution in [0.2, 0.25) is 15.1 Å². The molecule has 1 heterocycles. The zero-order chi connectivity index (χ0) is 36.9. The molecule has 1 N–H and O–H groups in total. The maximum Gasteiger partial charge on any atom is 0.338 e. The first-order chi connectivity index (χ1) is 24.5. The average Bonchev–Trinajstić information content (AvgIpc) is 3.97. The number of rotatable bonds is 6. The van der Waals surface area contributed by atoms with Crippen LogP contribution in [0.15, 0.2) is 103 Å². The summed E-state index contributed by atoms with van der Waals surface area (Å²) in [6.07, 6.45) is 2.56. The first-order valence-corrected chi connectivity index (χ1v) is 18.4. The molecule has 2 aliphatic carbocycles. The number of hydrogen-bond acceptors (Lipinski definition) is 7. The smallest absolute Gasteiger partial charge is 0.338 e.